The molecule has 0 radical (unpaired) electrons. The number of benzene rings is 2. The smallest absolute Gasteiger partial charge is 0.414 e. The van der Waals surface area contributed by atoms with Gasteiger partial charge in [0, 0.05) is 23.6 Å². The van der Waals surface area contributed by atoms with Gasteiger partial charge in [-0.3, -0.25) is 9.69 Å². The molecule has 1 atom stereocenters. The molecule has 10 nitrogen and oxygen atoms in total. The van der Waals surface area contributed by atoms with Gasteiger partial charge in [0.25, 0.3) is 0 Å². The van der Waals surface area contributed by atoms with Crippen LogP contribution in [0.25, 0.3) is 17.1 Å². The van der Waals surface area contributed by atoms with E-state index in [4.69, 9.17) is 24.7 Å². The number of nitrogens with zero attached hydrogens (tertiary/aromatic N) is 3. The van der Waals surface area contributed by atoms with Crippen LogP contribution in [-0.4, -0.2) is 54.9 Å². The average Bonchev–Trinajstić information content (AvgIpc) is 3.23. The van der Waals surface area contributed by atoms with E-state index in [1.807, 2.05) is 18.2 Å². The van der Waals surface area contributed by atoms with Gasteiger partial charge in [0.05, 0.1) is 36.6 Å². The van der Waals surface area contributed by atoms with E-state index < -0.39 is 18.1 Å². The van der Waals surface area contributed by atoms with Gasteiger partial charge in [0.15, 0.2) is 11.5 Å². The molecule has 2 aromatic carbocycles. The lowest BCUT2D eigenvalue weighted by molar-refractivity contribution is -0.114. The fraction of sp³-hybridized carbons (Fsp3) is 0.250. The van der Waals surface area contributed by atoms with E-state index in [0.717, 1.165) is 0 Å². The average molecular weight is 462 g/mol. The van der Waals surface area contributed by atoms with E-state index in [9.17, 15) is 9.59 Å². The summed E-state index contributed by atoms with van der Waals surface area (Å²) >= 11 is 0. The summed E-state index contributed by atoms with van der Waals surface area (Å²) in [6.07, 6.45) is 2.26. The third kappa shape index (κ3) is 4.17. The molecular formula is C24H22N4O6. The van der Waals surface area contributed by atoms with Gasteiger partial charge >= 0.3 is 6.09 Å². The number of para-hydroxylation sites is 1. The van der Waals surface area contributed by atoms with Crippen LogP contribution in [-0.2, 0) is 9.53 Å². The normalized spacial score (nSPS) is 17.6. The molecule has 174 valence electrons. The number of amides is 2. The summed E-state index contributed by atoms with van der Waals surface area (Å²) in [7, 11) is 1.50. The van der Waals surface area contributed by atoms with Crippen molar-refractivity contribution in [2.45, 2.75) is 12.5 Å². The van der Waals surface area contributed by atoms with Gasteiger partial charge < -0.3 is 24.7 Å². The first-order chi connectivity index (χ1) is 16.5. The Balaban J connectivity index is 1.39. The molecule has 0 aliphatic carbocycles. The number of carbonyl (C=O) groups excluding carboxylic acids is 2. The largest absolute Gasteiger partial charge is 0.486 e. The zero-order valence-corrected chi connectivity index (χ0v) is 18.4. The number of ether oxygens (including phenoxy) is 4. The number of cyclic esters (lactones) is 1. The first-order valence-corrected chi connectivity index (χ1v) is 10.7. The highest BCUT2D eigenvalue weighted by molar-refractivity contribution is 5.99. The lowest BCUT2D eigenvalue weighted by atomic mass is 10.0. The first kappa shape index (κ1) is 21.5. The van der Waals surface area contributed by atoms with Crippen molar-refractivity contribution in [2.24, 2.45) is 5.73 Å². The van der Waals surface area contributed by atoms with Gasteiger partial charge in [-0.25, -0.2) is 14.8 Å². The van der Waals surface area contributed by atoms with Crippen LogP contribution >= 0.6 is 0 Å². The Bertz CT molecular complexity index is 1310. The Hall–Kier alpha value is -4.34. The number of methoxy groups -OCH3 is 1. The van der Waals surface area contributed by atoms with Crippen molar-refractivity contribution in [3.8, 4) is 17.4 Å². The van der Waals surface area contributed by atoms with E-state index in [-0.39, 0.29) is 13.0 Å². The lowest BCUT2D eigenvalue weighted by Gasteiger charge is -2.21. The number of carbonyl (C=O) groups is 2. The lowest BCUT2D eigenvalue weighted by Crippen LogP contribution is -2.26. The third-order valence-electron chi connectivity index (χ3n) is 5.60. The second kappa shape index (κ2) is 8.89. The van der Waals surface area contributed by atoms with E-state index in [1.54, 1.807) is 24.3 Å². The Morgan fingerprint density at radius 3 is 2.85 bits per heavy atom. The van der Waals surface area contributed by atoms with E-state index in [0.29, 0.717) is 58.5 Å². The molecule has 5 rings (SSSR count). The van der Waals surface area contributed by atoms with Gasteiger partial charge in [-0.1, -0.05) is 12.1 Å². The summed E-state index contributed by atoms with van der Waals surface area (Å²) in [6, 6.07) is 10.7. The predicted molar refractivity (Wildman–Crippen MR) is 123 cm³/mol. The summed E-state index contributed by atoms with van der Waals surface area (Å²) in [5.41, 5.74) is 8.47. The molecule has 1 saturated heterocycles. The highest BCUT2D eigenvalue weighted by Gasteiger charge is 2.34. The van der Waals surface area contributed by atoms with E-state index in [2.05, 4.69) is 9.97 Å². The summed E-state index contributed by atoms with van der Waals surface area (Å²) in [5.74, 6) is 0.952. The van der Waals surface area contributed by atoms with Gasteiger partial charge in [-0.15, -0.1) is 0 Å². The summed E-state index contributed by atoms with van der Waals surface area (Å²) < 4.78 is 21.8. The fourth-order valence-corrected chi connectivity index (χ4v) is 3.96. The molecule has 2 aliphatic rings. The number of rotatable bonds is 6. The number of aromatic nitrogens is 2. The molecule has 0 unspecified atom stereocenters. The van der Waals surface area contributed by atoms with E-state index >= 15 is 0 Å². The second-order valence-corrected chi connectivity index (χ2v) is 7.81. The summed E-state index contributed by atoms with van der Waals surface area (Å²) in [6.45, 7) is 1.18. The molecule has 34 heavy (non-hydrogen) atoms. The van der Waals surface area contributed by atoms with Crippen molar-refractivity contribution in [3.05, 3.63) is 53.7 Å². The highest BCUT2D eigenvalue weighted by Crippen LogP contribution is 2.35. The quantitative estimate of drug-likeness (QED) is 0.554. The zero-order valence-electron chi connectivity index (χ0n) is 18.4. The van der Waals surface area contributed by atoms with Gasteiger partial charge in [0.2, 0.25) is 11.8 Å². The number of fused-ring (bicyclic) bond motifs is 2. The predicted octanol–water partition coefficient (Wildman–Crippen LogP) is 2.69. The van der Waals surface area contributed by atoms with Crippen molar-refractivity contribution in [1.82, 2.24) is 9.97 Å². The molecule has 10 heteroatoms. The number of hydrogen-bond donors (Lipinski definition) is 1. The van der Waals surface area contributed by atoms with Crippen LogP contribution < -0.4 is 24.8 Å². The number of hydrogen-bond acceptors (Lipinski definition) is 8. The summed E-state index contributed by atoms with van der Waals surface area (Å²) in [4.78, 5) is 35.1. The van der Waals surface area contributed by atoms with Crippen LogP contribution in [0.3, 0.4) is 0 Å². The minimum atomic E-state index is -0.610. The molecule has 3 heterocycles. The van der Waals surface area contributed by atoms with Crippen LogP contribution in [0.2, 0.25) is 0 Å². The van der Waals surface area contributed by atoms with Gasteiger partial charge in [-0.05, 0) is 24.3 Å². The highest BCUT2D eigenvalue weighted by atomic mass is 16.6. The van der Waals surface area contributed by atoms with Gasteiger partial charge in [-0.2, -0.15) is 0 Å². The molecule has 0 bridgehead atoms. The summed E-state index contributed by atoms with van der Waals surface area (Å²) in [5, 5.41) is 0. The SMILES string of the molecule is COc1cnc2cccc(C=C(C[C@@H]3CN(c4ccc5c(c4)OCCO5)C(=O)O3)C(N)=O)c2n1. The van der Waals surface area contributed by atoms with Crippen molar-refractivity contribution in [1.29, 1.82) is 0 Å². The van der Waals surface area contributed by atoms with Crippen molar-refractivity contribution in [3.63, 3.8) is 0 Å². The minimum Gasteiger partial charge on any atom is -0.486 e. The molecule has 2 amide bonds. The van der Waals surface area contributed by atoms with Crippen molar-refractivity contribution in [2.75, 3.05) is 31.8 Å². The molecular weight excluding hydrogens is 440 g/mol. The van der Waals surface area contributed by atoms with Crippen LogP contribution in [0.15, 0.2) is 48.2 Å². The van der Waals surface area contributed by atoms with Crippen LogP contribution in [0.1, 0.15) is 12.0 Å². The Kier molecular flexibility index (Phi) is 5.62. The first-order valence-electron chi connectivity index (χ1n) is 10.7. The van der Waals surface area contributed by atoms with E-state index in [1.165, 1.54) is 18.2 Å². The van der Waals surface area contributed by atoms with Gasteiger partial charge in [0.1, 0.15) is 19.3 Å². The van der Waals surface area contributed by atoms with Crippen LogP contribution in [0, 0.1) is 0 Å². The topological polar surface area (TPSA) is 126 Å². The standard InChI is InChI=1S/C24H22N4O6/c1-31-21-12-26-18-4-2-3-14(22(18)27-21)9-15(23(25)29)10-17-13-28(24(30)34-17)16-5-6-19-20(11-16)33-8-7-32-19/h2-6,9,11-12,17H,7-8,10,13H2,1H3,(H2,25,29)/t17-/m1/s1. The molecule has 3 aromatic rings. The third-order valence-corrected chi connectivity index (χ3v) is 5.60. The zero-order chi connectivity index (χ0) is 23.7. The molecule has 0 spiro atoms. The molecule has 1 fully saturated rings. The fourth-order valence-electron chi connectivity index (χ4n) is 3.96. The number of anilines is 1. The molecule has 0 saturated carbocycles. The molecule has 1 aromatic heterocycles. The maximum Gasteiger partial charge on any atom is 0.414 e. The van der Waals surface area contributed by atoms with Crippen LogP contribution in [0.5, 0.6) is 17.4 Å². The molecule has 2 aliphatic heterocycles. The van der Waals surface area contributed by atoms with Crippen molar-refractivity contribution >= 4 is 34.8 Å². The van der Waals surface area contributed by atoms with Crippen molar-refractivity contribution < 1.29 is 28.5 Å². The Morgan fingerprint density at radius 2 is 2.06 bits per heavy atom. The second-order valence-electron chi connectivity index (χ2n) is 7.81. The number of primary amides is 1. The Labute approximate surface area is 194 Å². The maximum absolute atomic E-state index is 12.6. The monoisotopic (exact) mass is 462 g/mol. The Morgan fingerprint density at radius 1 is 1.24 bits per heavy atom. The van der Waals surface area contributed by atoms with Crippen LogP contribution in [0.4, 0.5) is 10.5 Å². The number of nitrogens with two attached hydrogens (primary N) is 1. The maximum atomic E-state index is 12.6. The minimum absolute atomic E-state index is 0.149. The molecule has 2 N–H and O–H groups in total.